The van der Waals surface area contributed by atoms with E-state index < -0.39 is 0 Å². The molecule has 106 valence electrons. The van der Waals surface area contributed by atoms with Crippen LogP contribution < -0.4 is 5.32 Å². The molecule has 1 aromatic heterocycles. The summed E-state index contributed by atoms with van der Waals surface area (Å²) in [5.74, 6) is 0.771. The van der Waals surface area contributed by atoms with Crippen molar-refractivity contribution >= 4 is 33.0 Å². The van der Waals surface area contributed by atoms with Gasteiger partial charge in [0.25, 0.3) is 0 Å². The molecule has 3 heteroatoms. The van der Waals surface area contributed by atoms with Crippen LogP contribution in [0.2, 0.25) is 0 Å². The molecule has 1 aliphatic carbocycles. The van der Waals surface area contributed by atoms with Gasteiger partial charge in [0.15, 0.2) is 0 Å². The molecule has 0 amide bonds. The van der Waals surface area contributed by atoms with E-state index in [9.17, 15) is 0 Å². The maximum Gasteiger partial charge on any atom is 0.0634 e. The van der Waals surface area contributed by atoms with Gasteiger partial charge >= 0.3 is 0 Å². The minimum Gasteiger partial charge on any atom is -0.377 e. The van der Waals surface area contributed by atoms with Gasteiger partial charge in [-0.05, 0) is 60.9 Å². The second kappa shape index (κ2) is 6.31. The van der Waals surface area contributed by atoms with Crippen molar-refractivity contribution in [3.63, 3.8) is 0 Å². The second-order valence-electron chi connectivity index (χ2n) is 5.70. The fourth-order valence-corrected chi connectivity index (χ4v) is 4.66. The normalized spacial score (nSPS) is 17.3. The highest BCUT2D eigenvalue weighted by atomic mass is 79.9. The maximum atomic E-state index is 3.79. The largest absolute Gasteiger partial charge is 0.377 e. The predicted molar refractivity (Wildman–Crippen MR) is 91.5 cm³/mol. The first-order chi connectivity index (χ1) is 9.72. The molecule has 20 heavy (non-hydrogen) atoms. The first kappa shape index (κ1) is 14.2. The summed E-state index contributed by atoms with van der Waals surface area (Å²) in [6.45, 7) is 2.14. The molecule has 1 nitrogen and oxygen atoms in total. The summed E-state index contributed by atoms with van der Waals surface area (Å²) >= 11 is 5.47. The molecule has 0 spiro atoms. The van der Waals surface area contributed by atoms with Crippen molar-refractivity contribution in [3.8, 4) is 0 Å². The van der Waals surface area contributed by atoms with E-state index in [4.69, 9.17) is 0 Å². The minimum atomic E-state index is 0.464. The Morgan fingerprint density at radius 1 is 1.25 bits per heavy atom. The number of hydrogen-bond acceptors (Lipinski definition) is 2. The average Bonchev–Trinajstić information content (AvgIpc) is 3.08. The van der Waals surface area contributed by atoms with Crippen molar-refractivity contribution in [2.45, 2.75) is 38.6 Å². The zero-order valence-corrected chi connectivity index (χ0v) is 14.1. The van der Waals surface area contributed by atoms with Crippen LogP contribution in [0.1, 0.15) is 42.2 Å². The highest BCUT2D eigenvalue weighted by Gasteiger charge is 2.27. The number of anilines is 1. The summed E-state index contributed by atoms with van der Waals surface area (Å²) in [4.78, 5) is 1.47. The standard InChI is InChI=1S/C17H20BrNS/c1-12-9-14(18)11-15(10-12)19-17(13-5-2-3-6-13)16-7-4-8-20-16/h4,7-11,13,17,19H,2-3,5-6H2,1H3. The Hall–Kier alpha value is -0.800. The van der Waals surface area contributed by atoms with Crippen LogP contribution in [-0.2, 0) is 0 Å². The molecular formula is C17H20BrNS. The molecule has 1 heterocycles. The number of thiophene rings is 1. The fraction of sp³-hybridized carbons (Fsp3) is 0.412. The van der Waals surface area contributed by atoms with E-state index in [1.165, 1.54) is 41.8 Å². The zero-order valence-electron chi connectivity index (χ0n) is 11.7. The maximum absolute atomic E-state index is 3.79. The Labute approximate surface area is 133 Å². The van der Waals surface area contributed by atoms with Crippen LogP contribution in [0.25, 0.3) is 0 Å². The molecule has 1 fully saturated rings. The molecule has 1 unspecified atom stereocenters. The Bertz CT molecular complexity index is 538. The van der Waals surface area contributed by atoms with Gasteiger partial charge in [-0.25, -0.2) is 0 Å². The van der Waals surface area contributed by atoms with Crippen molar-refractivity contribution in [3.05, 3.63) is 50.6 Å². The van der Waals surface area contributed by atoms with Gasteiger partial charge in [-0.1, -0.05) is 34.8 Å². The van der Waals surface area contributed by atoms with Gasteiger partial charge in [-0.3, -0.25) is 0 Å². The molecule has 1 aliphatic rings. The van der Waals surface area contributed by atoms with Crippen LogP contribution in [-0.4, -0.2) is 0 Å². The lowest BCUT2D eigenvalue weighted by molar-refractivity contribution is 0.475. The molecule has 0 bridgehead atoms. The first-order valence-corrected chi connectivity index (χ1v) is 8.97. The van der Waals surface area contributed by atoms with E-state index in [-0.39, 0.29) is 0 Å². The minimum absolute atomic E-state index is 0.464. The highest BCUT2D eigenvalue weighted by Crippen LogP contribution is 2.39. The van der Waals surface area contributed by atoms with Crippen LogP contribution in [0.4, 0.5) is 5.69 Å². The topological polar surface area (TPSA) is 12.0 Å². The molecule has 2 aromatic rings. The van der Waals surface area contributed by atoms with Gasteiger partial charge in [0.2, 0.25) is 0 Å². The van der Waals surface area contributed by atoms with Gasteiger partial charge in [-0.15, -0.1) is 11.3 Å². The van der Waals surface area contributed by atoms with Gasteiger partial charge in [0.1, 0.15) is 0 Å². The summed E-state index contributed by atoms with van der Waals surface area (Å²) in [6, 6.07) is 11.5. The lowest BCUT2D eigenvalue weighted by Crippen LogP contribution is -2.18. The Kier molecular flexibility index (Phi) is 4.47. The van der Waals surface area contributed by atoms with Gasteiger partial charge in [0, 0.05) is 15.0 Å². The van der Waals surface area contributed by atoms with E-state index in [0.29, 0.717) is 6.04 Å². The lowest BCUT2D eigenvalue weighted by Gasteiger charge is -2.25. The summed E-state index contributed by atoms with van der Waals surface area (Å²) in [7, 11) is 0. The number of aryl methyl sites for hydroxylation is 1. The fourth-order valence-electron chi connectivity index (χ4n) is 3.18. The van der Waals surface area contributed by atoms with Crippen molar-refractivity contribution in [1.82, 2.24) is 0 Å². The molecular weight excluding hydrogens is 330 g/mol. The van der Waals surface area contributed by atoms with Gasteiger partial charge in [0.05, 0.1) is 6.04 Å². The molecule has 1 N–H and O–H groups in total. The van der Waals surface area contributed by atoms with Crippen LogP contribution in [0.15, 0.2) is 40.2 Å². The summed E-state index contributed by atoms with van der Waals surface area (Å²) in [5, 5.41) is 5.97. The Morgan fingerprint density at radius 2 is 2.05 bits per heavy atom. The van der Waals surface area contributed by atoms with Crippen LogP contribution >= 0.6 is 27.3 Å². The molecule has 0 saturated heterocycles. The SMILES string of the molecule is Cc1cc(Br)cc(NC(c2cccs2)C2CCCC2)c1. The lowest BCUT2D eigenvalue weighted by atomic mass is 9.96. The van der Waals surface area contributed by atoms with Gasteiger partial charge in [-0.2, -0.15) is 0 Å². The molecule has 0 aliphatic heterocycles. The quantitative estimate of drug-likeness (QED) is 0.696. The summed E-state index contributed by atoms with van der Waals surface area (Å²) in [5.41, 5.74) is 2.51. The second-order valence-corrected chi connectivity index (χ2v) is 7.59. The smallest absolute Gasteiger partial charge is 0.0634 e. The van der Waals surface area contributed by atoms with Crippen molar-refractivity contribution < 1.29 is 0 Å². The van der Waals surface area contributed by atoms with Crippen molar-refractivity contribution in [2.75, 3.05) is 5.32 Å². The van der Waals surface area contributed by atoms with E-state index in [1.54, 1.807) is 0 Å². The number of benzene rings is 1. The molecule has 1 aromatic carbocycles. The van der Waals surface area contributed by atoms with Crippen LogP contribution in [0.3, 0.4) is 0 Å². The molecule has 3 rings (SSSR count). The van der Waals surface area contributed by atoms with E-state index in [2.05, 4.69) is 63.9 Å². The highest BCUT2D eigenvalue weighted by molar-refractivity contribution is 9.10. The number of nitrogens with one attached hydrogen (secondary N) is 1. The Morgan fingerprint density at radius 3 is 2.70 bits per heavy atom. The van der Waals surface area contributed by atoms with E-state index in [1.807, 2.05) is 11.3 Å². The third kappa shape index (κ3) is 3.26. The summed E-state index contributed by atoms with van der Waals surface area (Å²) < 4.78 is 1.15. The number of hydrogen-bond donors (Lipinski definition) is 1. The van der Waals surface area contributed by atoms with Gasteiger partial charge < -0.3 is 5.32 Å². The molecule has 1 atom stereocenters. The molecule has 1 saturated carbocycles. The summed E-state index contributed by atoms with van der Waals surface area (Å²) in [6.07, 6.45) is 5.46. The number of rotatable bonds is 4. The Balaban J connectivity index is 1.85. The molecule has 0 radical (unpaired) electrons. The third-order valence-electron chi connectivity index (χ3n) is 4.09. The first-order valence-electron chi connectivity index (χ1n) is 7.29. The zero-order chi connectivity index (χ0) is 13.9. The van der Waals surface area contributed by atoms with Crippen molar-refractivity contribution in [1.29, 1.82) is 0 Å². The van der Waals surface area contributed by atoms with Crippen LogP contribution in [0, 0.1) is 12.8 Å². The van der Waals surface area contributed by atoms with E-state index in [0.717, 1.165) is 10.4 Å². The van der Waals surface area contributed by atoms with Crippen LogP contribution in [0.5, 0.6) is 0 Å². The monoisotopic (exact) mass is 349 g/mol. The third-order valence-corrected chi connectivity index (χ3v) is 5.50. The van der Waals surface area contributed by atoms with E-state index >= 15 is 0 Å². The number of halogens is 1. The average molecular weight is 350 g/mol. The predicted octanol–water partition coefficient (Wildman–Crippen LogP) is 6.16. The van der Waals surface area contributed by atoms with Crippen molar-refractivity contribution in [2.24, 2.45) is 5.92 Å².